The second-order valence-electron chi connectivity index (χ2n) is 5.82. The minimum absolute atomic E-state index is 0.530. The van der Waals surface area contributed by atoms with Crippen LogP contribution in [0.25, 0.3) is 0 Å². The second-order valence-corrected chi connectivity index (χ2v) is 8.19. The van der Waals surface area contributed by atoms with Crippen molar-refractivity contribution >= 4 is 27.1 Å². The van der Waals surface area contributed by atoms with Crippen molar-refractivity contribution in [3.8, 4) is 0 Å². The molecule has 0 aliphatic heterocycles. The Bertz CT molecular complexity index is 804. The van der Waals surface area contributed by atoms with E-state index < -0.39 is 21.0 Å². The van der Waals surface area contributed by atoms with E-state index in [9.17, 15) is 13.2 Å². The fraction of sp³-hybridized carbons (Fsp3) is 0.278. The number of hydrogen-bond acceptors (Lipinski definition) is 4. The third kappa shape index (κ3) is 4.58. The highest BCUT2D eigenvalue weighted by Gasteiger charge is 2.24. The van der Waals surface area contributed by atoms with E-state index >= 15 is 0 Å². The van der Waals surface area contributed by atoms with Crippen molar-refractivity contribution < 1.29 is 13.2 Å². The summed E-state index contributed by atoms with van der Waals surface area (Å²) in [6.07, 6.45) is 1.06. The number of nitrogens with one attached hydrogen (secondary N) is 1. The van der Waals surface area contributed by atoms with E-state index in [2.05, 4.69) is 5.32 Å². The molecule has 0 saturated heterocycles. The number of anilines is 2. The number of amides is 1. The molecule has 0 aromatic heterocycles. The van der Waals surface area contributed by atoms with Crippen molar-refractivity contribution in [1.82, 2.24) is 0 Å². The molecule has 128 valence electrons. The summed E-state index contributed by atoms with van der Waals surface area (Å²) in [7, 11) is -1.50. The molecule has 1 N–H and O–H groups in total. The number of sulfone groups is 1. The van der Waals surface area contributed by atoms with E-state index in [-0.39, 0.29) is 0 Å². The molecule has 0 radical (unpaired) electrons. The molecule has 1 atom stereocenters. The molecule has 5 nitrogen and oxygen atoms in total. The van der Waals surface area contributed by atoms with Gasteiger partial charge in [0, 0.05) is 19.8 Å². The van der Waals surface area contributed by atoms with Gasteiger partial charge >= 0.3 is 0 Å². The average molecular weight is 346 g/mol. The Morgan fingerprint density at radius 3 is 2.29 bits per heavy atom. The summed E-state index contributed by atoms with van der Waals surface area (Å²) < 4.78 is 23.1. The number of nitrogens with zero attached hydrogens (tertiary/aromatic N) is 1. The predicted molar refractivity (Wildman–Crippen MR) is 97.9 cm³/mol. The van der Waals surface area contributed by atoms with Crippen LogP contribution in [0.1, 0.15) is 12.5 Å². The molecule has 24 heavy (non-hydrogen) atoms. The second kappa shape index (κ2) is 7.49. The lowest BCUT2D eigenvalue weighted by molar-refractivity contribution is -0.115. The monoisotopic (exact) mass is 346 g/mol. The van der Waals surface area contributed by atoms with Gasteiger partial charge in [0.05, 0.1) is 11.4 Å². The number of benzene rings is 2. The maximum atomic E-state index is 12.2. The van der Waals surface area contributed by atoms with Crippen LogP contribution in [0.4, 0.5) is 11.4 Å². The molecule has 2 aromatic carbocycles. The minimum Gasteiger partial charge on any atom is -0.369 e. The van der Waals surface area contributed by atoms with E-state index in [4.69, 9.17) is 0 Å². The normalized spacial score (nSPS) is 12.5. The van der Waals surface area contributed by atoms with Crippen LogP contribution in [0.3, 0.4) is 0 Å². The highest BCUT2D eigenvalue weighted by Crippen LogP contribution is 2.26. The molecule has 6 heteroatoms. The molecule has 0 fully saturated rings. The largest absolute Gasteiger partial charge is 0.369 e. The lowest BCUT2D eigenvalue weighted by Crippen LogP contribution is -2.32. The Labute approximate surface area is 143 Å². The maximum Gasteiger partial charge on any atom is 0.242 e. The number of para-hydroxylation sites is 2. The number of rotatable bonds is 6. The lowest BCUT2D eigenvalue weighted by atomic mass is 10.2. The predicted octanol–water partition coefficient (Wildman–Crippen LogP) is 2.69. The average Bonchev–Trinajstić information content (AvgIpc) is 2.54. The molecule has 0 unspecified atom stereocenters. The molecular weight excluding hydrogens is 324 g/mol. The van der Waals surface area contributed by atoms with Crippen LogP contribution in [0.15, 0.2) is 54.6 Å². The lowest BCUT2D eigenvalue weighted by Gasteiger charge is -2.23. The summed E-state index contributed by atoms with van der Waals surface area (Å²) in [5.41, 5.74) is 2.57. The summed E-state index contributed by atoms with van der Waals surface area (Å²) in [4.78, 5) is 14.2. The first-order valence-electron chi connectivity index (χ1n) is 7.63. The van der Waals surface area contributed by atoms with Gasteiger partial charge in [-0.05, 0) is 24.6 Å². The fourth-order valence-corrected chi connectivity index (χ4v) is 2.73. The van der Waals surface area contributed by atoms with Crippen molar-refractivity contribution in [3.63, 3.8) is 0 Å². The topological polar surface area (TPSA) is 66.5 Å². The molecule has 0 heterocycles. The van der Waals surface area contributed by atoms with Crippen molar-refractivity contribution in [2.75, 3.05) is 23.5 Å². The van der Waals surface area contributed by atoms with E-state index in [1.165, 1.54) is 6.92 Å². The fourth-order valence-electron chi connectivity index (χ4n) is 2.28. The summed E-state index contributed by atoms with van der Waals surface area (Å²) in [6, 6.07) is 17.3. The summed E-state index contributed by atoms with van der Waals surface area (Å²) in [6.45, 7) is 2.07. The zero-order valence-electron chi connectivity index (χ0n) is 14.1. The highest BCUT2D eigenvalue weighted by molar-refractivity contribution is 7.92. The van der Waals surface area contributed by atoms with Crippen molar-refractivity contribution in [3.05, 3.63) is 60.2 Å². The van der Waals surface area contributed by atoms with Crippen molar-refractivity contribution in [2.24, 2.45) is 0 Å². The molecule has 0 bridgehead atoms. The Balaban J connectivity index is 2.19. The number of carbonyl (C=O) groups excluding carboxylic acids is 1. The zero-order chi connectivity index (χ0) is 17.7. The van der Waals surface area contributed by atoms with Crippen LogP contribution in [-0.4, -0.2) is 32.9 Å². The smallest absolute Gasteiger partial charge is 0.242 e. The van der Waals surface area contributed by atoms with Crippen LogP contribution in [0.5, 0.6) is 0 Å². The first kappa shape index (κ1) is 18.0. The Morgan fingerprint density at radius 2 is 1.67 bits per heavy atom. The minimum atomic E-state index is -3.43. The Kier molecular flexibility index (Phi) is 5.62. The van der Waals surface area contributed by atoms with Crippen LogP contribution in [-0.2, 0) is 21.2 Å². The van der Waals surface area contributed by atoms with Crippen molar-refractivity contribution in [2.45, 2.75) is 18.7 Å². The van der Waals surface area contributed by atoms with Crippen LogP contribution < -0.4 is 10.2 Å². The van der Waals surface area contributed by atoms with Gasteiger partial charge in [0.1, 0.15) is 5.25 Å². The molecule has 0 spiro atoms. The molecule has 0 saturated carbocycles. The van der Waals surface area contributed by atoms with Crippen LogP contribution in [0, 0.1) is 0 Å². The quantitative estimate of drug-likeness (QED) is 0.873. The van der Waals surface area contributed by atoms with E-state index in [0.717, 1.165) is 17.5 Å². The zero-order valence-corrected chi connectivity index (χ0v) is 14.9. The van der Waals surface area contributed by atoms with Gasteiger partial charge in [-0.25, -0.2) is 8.42 Å². The van der Waals surface area contributed by atoms with Crippen LogP contribution >= 0.6 is 0 Å². The van der Waals surface area contributed by atoms with Gasteiger partial charge < -0.3 is 10.2 Å². The molecule has 0 aliphatic carbocycles. The van der Waals surface area contributed by atoms with Gasteiger partial charge in [-0.2, -0.15) is 0 Å². The molecule has 1 amide bonds. The molecule has 2 rings (SSSR count). The third-order valence-electron chi connectivity index (χ3n) is 3.85. The van der Waals surface area contributed by atoms with Crippen molar-refractivity contribution in [1.29, 1.82) is 0 Å². The van der Waals surface area contributed by atoms with Crippen LogP contribution in [0.2, 0.25) is 0 Å². The Hall–Kier alpha value is -2.34. The number of carbonyl (C=O) groups is 1. The summed E-state index contributed by atoms with van der Waals surface area (Å²) in [5.74, 6) is -0.530. The third-order valence-corrected chi connectivity index (χ3v) is 5.35. The van der Waals surface area contributed by atoms with E-state index in [0.29, 0.717) is 12.2 Å². The van der Waals surface area contributed by atoms with Gasteiger partial charge in [0.15, 0.2) is 9.84 Å². The van der Waals surface area contributed by atoms with Gasteiger partial charge in [-0.15, -0.1) is 0 Å². The first-order valence-corrected chi connectivity index (χ1v) is 9.58. The highest BCUT2D eigenvalue weighted by atomic mass is 32.2. The standard InChI is InChI=1S/C18H22N2O3S/c1-14(24(3,22)23)18(21)19-16-11-7-8-12-17(16)20(2)13-15-9-5-4-6-10-15/h4-12,14H,13H2,1-3H3,(H,19,21)/t14-/m1/s1. The maximum absolute atomic E-state index is 12.2. The van der Waals surface area contributed by atoms with E-state index in [1.54, 1.807) is 12.1 Å². The SMILES string of the molecule is C[C@H](C(=O)Nc1ccccc1N(C)Cc1ccccc1)S(C)(=O)=O. The molecular formula is C18H22N2O3S. The van der Waals surface area contributed by atoms with E-state index in [1.807, 2.05) is 54.4 Å². The first-order chi connectivity index (χ1) is 11.3. The van der Waals surface area contributed by atoms with Gasteiger partial charge in [0.25, 0.3) is 0 Å². The van der Waals surface area contributed by atoms with Gasteiger partial charge in [-0.1, -0.05) is 42.5 Å². The Morgan fingerprint density at radius 1 is 1.08 bits per heavy atom. The number of hydrogen-bond donors (Lipinski definition) is 1. The molecule has 2 aromatic rings. The van der Waals surface area contributed by atoms with Gasteiger partial charge in [0.2, 0.25) is 5.91 Å². The molecule has 0 aliphatic rings. The summed E-state index contributed by atoms with van der Waals surface area (Å²) >= 11 is 0. The van der Waals surface area contributed by atoms with Gasteiger partial charge in [-0.3, -0.25) is 4.79 Å². The summed E-state index contributed by atoms with van der Waals surface area (Å²) in [5, 5.41) is 1.63.